The largest absolute Gasteiger partial charge is 0.469 e. The highest BCUT2D eigenvalue weighted by atomic mass is 35.7. The summed E-state index contributed by atoms with van der Waals surface area (Å²) in [4.78, 5) is 9.27. The molecule has 0 atom stereocenters. The van der Waals surface area contributed by atoms with E-state index < -0.39 is 58.3 Å². The lowest BCUT2D eigenvalue weighted by atomic mass is 10.2. The number of nitrogens with one attached hydrogen (secondary N) is 1. The first kappa shape index (κ1) is 35.7. The van der Waals surface area contributed by atoms with Crippen LogP contribution in [0.2, 0.25) is 5.02 Å². The van der Waals surface area contributed by atoms with E-state index in [0.29, 0.717) is 12.1 Å². The molecule has 7 nitrogen and oxygen atoms in total. The number of methoxy groups -OCH3 is 1. The van der Waals surface area contributed by atoms with Crippen molar-refractivity contribution in [1.29, 1.82) is 0 Å². The molecule has 0 unspecified atom stereocenters. The molecule has 0 bridgehead atoms. The normalized spacial score (nSPS) is 11.8. The molecule has 0 heterocycles. The fraction of sp³-hybridized carbons (Fsp3) is 0.192. The molecular formula is C26H19Cl2F6NO6S2. The molecule has 0 aliphatic rings. The van der Waals surface area contributed by atoms with Gasteiger partial charge in [0, 0.05) is 22.1 Å². The highest BCUT2D eigenvalue weighted by molar-refractivity contribution is 8.13. The van der Waals surface area contributed by atoms with Gasteiger partial charge in [0.25, 0.3) is 19.1 Å². The number of sulfonamides is 1. The Morgan fingerprint density at radius 2 is 1.37 bits per heavy atom. The van der Waals surface area contributed by atoms with E-state index in [2.05, 4.69) is 21.3 Å². The van der Waals surface area contributed by atoms with Gasteiger partial charge in [-0.3, -0.25) is 9.52 Å². The Morgan fingerprint density at radius 1 is 0.860 bits per heavy atom. The van der Waals surface area contributed by atoms with Crippen molar-refractivity contribution >= 4 is 53.0 Å². The van der Waals surface area contributed by atoms with Crippen molar-refractivity contribution in [2.24, 2.45) is 0 Å². The highest BCUT2D eigenvalue weighted by Gasteiger charge is 2.37. The van der Waals surface area contributed by atoms with Gasteiger partial charge in [-0.05, 0) is 42.5 Å². The second-order valence-corrected chi connectivity index (χ2v) is 12.7. The van der Waals surface area contributed by atoms with Gasteiger partial charge in [-0.1, -0.05) is 47.7 Å². The molecule has 0 spiro atoms. The summed E-state index contributed by atoms with van der Waals surface area (Å²) in [6.45, 7) is 0. The van der Waals surface area contributed by atoms with Gasteiger partial charge in [-0.15, -0.1) is 0 Å². The number of rotatable bonds is 6. The van der Waals surface area contributed by atoms with Crippen LogP contribution in [0, 0.1) is 11.8 Å². The summed E-state index contributed by atoms with van der Waals surface area (Å²) in [7, 11) is -2.85. The minimum Gasteiger partial charge on any atom is -0.469 e. The SMILES string of the molecule is COC(=O)CCC#Cc1cc(Cl)ccc1NS(=O)(=O)c1ccccc1C(F)(F)F.O=S(=O)(Cl)c1ccccc1C(F)(F)F. The zero-order valence-corrected chi connectivity index (χ0v) is 24.7. The number of ether oxygens (including phenoxy) is 1. The van der Waals surface area contributed by atoms with E-state index in [1.165, 1.54) is 37.4 Å². The van der Waals surface area contributed by atoms with Crippen LogP contribution in [0.4, 0.5) is 32.0 Å². The van der Waals surface area contributed by atoms with Crippen LogP contribution in [0.25, 0.3) is 0 Å². The maximum Gasteiger partial charge on any atom is 0.417 e. The van der Waals surface area contributed by atoms with E-state index in [-0.39, 0.29) is 29.1 Å². The predicted octanol–water partition coefficient (Wildman–Crippen LogP) is 7.10. The number of carbonyl (C=O) groups excluding carboxylic acids is 1. The summed E-state index contributed by atoms with van der Waals surface area (Å²) in [6.07, 6.45) is -9.40. The molecule has 0 aromatic heterocycles. The molecule has 0 aliphatic heterocycles. The fourth-order valence-electron chi connectivity index (χ4n) is 3.18. The summed E-state index contributed by atoms with van der Waals surface area (Å²) in [5.74, 6) is 4.87. The minimum atomic E-state index is -4.85. The monoisotopic (exact) mass is 689 g/mol. The molecule has 17 heteroatoms. The molecule has 3 rings (SSSR count). The van der Waals surface area contributed by atoms with E-state index in [0.717, 1.165) is 24.3 Å². The molecule has 0 saturated carbocycles. The number of carbonyl (C=O) groups is 1. The molecule has 0 saturated heterocycles. The van der Waals surface area contributed by atoms with Gasteiger partial charge in [0.1, 0.15) is 0 Å². The van der Waals surface area contributed by atoms with Gasteiger partial charge in [0.15, 0.2) is 0 Å². The summed E-state index contributed by atoms with van der Waals surface area (Å²) < 4.78 is 130. The Bertz CT molecular complexity index is 1750. The van der Waals surface area contributed by atoms with Crippen LogP contribution in [-0.2, 0) is 41.0 Å². The zero-order valence-electron chi connectivity index (χ0n) is 21.6. The van der Waals surface area contributed by atoms with Crippen LogP contribution >= 0.6 is 22.3 Å². The third-order valence-corrected chi connectivity index (χ3v) is 8.11. The Hall–Kier alpha value is -3.45. The average molecular weight is 690 g/mol. The molecule has 0 amide bonds. The van der Waals surface area contributed by atoms with E-state index in [1.807, 2.05) is 0 Å². The summed E-state index contributed by atoms with van der Waals surface area (Å²) in [6, 6.07) is 11.6. The number of hydrogen-bond donors (Lipinski definition) is 1. The van der Waals surface area contributed by atoms with E-state index in [9.17, 15) is 48.0 Å². The number of hydrogen-bond acceptors (Lipinski definition) is 6. The highest BCUT2D eigenvalue weighted by Crippen LogP contribution is 2.36. The fourth-order valence-corrected chi connectivity index (χ4v) is 5.75. The molecule has 3 aromatic rings. The molecular weight excluding hydrogens is 671 g/mol. The summed E-state index contributed by atoms with van der Waals surface area (Å²) in [5.41, 5.74) is -2.44. The van der Waals surface area contributed by atoms with Crippen molar-refractivity contribution in [2.75, 3.05) is 11.8 Å². The van der Waals surface area contributed by atoms with Crippen molar-refractivity contribution in [3.8, 4) is 11.8 Å². The maximum absolute atomic E-state index is 13.2. The number of alkyl halides is 6. The molecule has 43 heavy (non-hydrogen) atoms. The number of halogens is 8. The van der Waals surface area contributed by atoms with Gasteiger partial charge in [0.2, 0.25) is 0 Å². The molecule has 0 radical (unpaired) electrons. The Balaban J connectivity index is 0.000000385. The average Bonchev–Trinajstić information content (AvgIpc) is 2.91. The number of benzene rings is 3. The minimum absolute atomic E-state index is 0.0318. The number of esters is 1. The van der Waals surface area contributed by atoms with Crippen LogP contribution in [0.1, 0.15) is 29.5 Å². The van der Waals surface area contributed by atoms with Crippen molar-refractivity contribution < 1.29 is 52.7 Å². The zero-order chi connectivity index (χ0) is 32.6. The van der Waals surface area contributed by atoms with Crippen LogP contribution < -0.4 is 4.72 Å². The first-order valence-corrected chi connectivity index (χ1v) is 15.6. The molecule has 1 N–H and O–H groups in total. The second kappa shape index (κ2) is 14.3. The Morgan fingerprint density at radius 3 is 1.86 bits per heavy atom. The van der Waals surface area contributed by atoms with E-state index in [4.69, 9.17) is 22.3 Å². The Kier molecular flexibility index (Phi) is 11.9. The van der Waals surface area contributed by atoms with Crippen molar-refractivity contribution in [2.45, 2.75) is 35.0 Å². The van der Waals surface area contributed by atoms with Crippen molar-refractivity contribution in [3.05, 3.63) is 88.4 Å². The van der Waals surface area contributed by atoms with Crippen LogP contribution in [0.15, 0.2) is 76.5 Å². The topological polar surface area (TPSA) is 107 Å². The number of anilines is 1. The standard InChI is InChI=1S/C19H15ClF3NO4S.C7H4ClF3O2S/c1-28-18(25)9-5-2-6-13-12-14(20)10-11-16(13)24-29(26,27)17-8-4-3-7-15(17)19(21,22)23;8-14(12,13)6-4-2-1-3-5(6)7(9,10)11/h3-4,7-8,10-12,24H,5,9H2,1H3;1-4H. The molecule has 3 aromatic carbocycles. The lowest BCUT2D eigenvalue weighted by molar-refractivity contribution is -0.141. The van der Waals surface area contributed by atoms with Gasteiger partial charge in [-0.2, -0.15) is 26.3 Å². The van der Waals surface area contributed by atoms with Gasteiger partial charge >= 0.3 is 18.3 Å². The smallest absolute Gasteiger partial charge is 0.417 e. The van der Waals surface area contributed by atoms with Gasteiger partial charge in [0.05, 0.1) is 45.7 Å². The third kappa shape index (κ3) is 10.6. The van der Waals surface area contributed by atoms with Gasteiger partial charge < -0.3 is 4.74 Å². The molecule has 0 fully saturated rings. The van der Waals surface area contributed by atoms with Crippen LogP contribution in [0.3, 0.4) is 0 Å². The van der Waals surface area contributed by atoms with E-state index in [1.54, 1.807) is 0 Å². The van der Waals surface area contributed by atoms with E-state index >= 15 is 0 Å². The Labute approximate surface area is 252 Å². The molecule has 232 valence electrons. The van der Waals surface area contributed by atoms with Crippen molar-refractivity contribution in [1.82, 2.24) is 0 Å². The van der Waals surface area contributed by atoms with Crippen LogP contribution in [-0.4, -0.2) is 29.9 Å². The van der Waals surface area contributed by atoms with Crippen molar-refractivity contribution in [3.63, 3.8) is 0 Å². The molecule has 0 aliphatic carbocycles. The lowest BCUT2D eigenvalue weighted by Gasteiger charge is -2.15. The summed E-state index contributed by atoms with van der Waals surface area (Å²) in [5, 5.41) is 0.251. The van der Waals surface area contributed by atoms with Crippen LogP contribution in [0.5, 0.6) is 0 Å². The predicted molar refractivity (Wildman–Crippen MR) is 146 cm³/mol. The van der Waals surface area contributed by atoms with Gasteiger partial charge in [-0.25, -0.2) is 16.8 Å². The first-order chi connectivity index (χ1) is 19.8. The third-order valence-electron chi connectivity index (χ3n) is 5.07. The quantitative estimate of drug-likeness (QED) is 0.128. The first-order valence-electron chi connectivity index (χ1n) is 11.4. The second-order valence-electron chi connectivity index (χ2n) is 8.10. The summed E-state index contributed by atoms with van der Waals surface area (Å²) >= 11 is 5.91. The lowest BCUT2D eigenvalue weighted by Crippen LogP contribution is -2.19. The maximum atomic E-state index is 13.2.